The SMILES string of the molecule is NC(=O)c1cc2ccccc2o/c1=N/NC(=O)c1ccco1. The number of hydrogen-bond donors (Lipinski definition) is 2. The van der Waals surface area contributed by atoms with Crippen LogP contribution in [0.15, 0.2) is 62.7 Å². The number of primary amides is 1. The Morgan fingerprint density at radius 3 is 2.68 bits per heavy atom. The van der Waals surface area contributed by atoms with Crippen LogP contribution in [-0.4, -0.2) is 11.8 Å². The van der Waals surface area contributed by atoms with E-state index < -0.39 is 11.8 Å². The van der Waals surface area contributed by atoms with E-state index in [1.165, 1.54) is 12.3 Å². The molecule has 0 aliphatic rings. The number of amides is 2. The smallest absolute Gasteiger partial charge is 0.307 e. The van der Waals surface area contributed by atoms with Crippen LogP contribution in [0, 0.1) is 0 Å². The molecule has 0 unspecified atom stereocenters. The Morgan fingerprint density at radius 2 is 1.95 bits per heavy atom. The molecule has 2 heterocycles. The number of fused-ring (bicyclic) bond motifs is 1. The second kappa shape index (κ2) is 5.57. The van der Waals surface area contributed by atoms with Crippen LogP contribution in [0.5, 0.6) is 0 Å². The van der Waals surface area contributed by atoms with Gasteiger partial charge in [-0.05, 0) is 24.3 Å². The molecule has 0 radical (unpaired) electrons. The van der Waals surface area contributed by atoms with Crippen LogP contribution in [0.25, 0.3) is 11.0 Å². The number of nitrogens with one attached hydrogen (secondary N) is 1. The maximum absolute atomic E-state index is 11.8. The third kappa shape index (κ3) is 2.59. The summed E-state index contributed by atoms with van der Waals surface area (Å²) in [6.45, 7) is 0. The van der Waals surface area contributed by atoms with Crippen molar-refractivity contribution >= 4 is 22.8 Å². The number of para-hydroxylation sites is 1. The van der Waals surface area contributed by atoms with Gasteiger partial charge in [0.25, 0.3) is 5.91 Å². The molecule has 110 valence electrons. The van der Waals surface area contributed by atoms with Gasteiger partial charge in [0, 0.05) is 5.39 Å². The highest BCUT2D eigenvalue weighted by Crippen LogP contribution is 2.12. The normalized spacial score (nSPS) is 11.5. The average molecular weight is 297 g/mol. The molecule has 7 nitrogen and oxygen atoms in total. The van der Waals surface area contributed by atoms with Crippen molar-refractivity contribution in [2.75, 3.05) is 0 Å². The minimum Gasteiger partial charge on any atom is -0.459 e. The van der Waals surface area contributed by atoms with Crippen molar-refractivity contribution in [1.29, 1.82) is 0 Å². The Bertz CT molecular complexity index is 910. The van der Waals surface area contributed by atoms with Gasteiger partial charge in [-0.25, -0.2) is 5.43 Å². The Kier molecular flexibility index (Phi) is 3.45. The minimum atomic E-state index is -0.708. The fourth-order valence-corrected chi connectivity index (χ4v) is 1.89. The van der Waals surface area contributed by atoms with E-state index in [-0.39, 0.29) is 16.9 Å². The molecule has 0 fully saturated rings. The molecule has 7 heteroatoms. The summed E-state index contributed by atoms with van der Waals surface area (Å²) < 4.78 is 10.4. The van der Waals surface area contributed by atoms with Crippen LogP contribution in [0.3, 0.4) is 0 Å². The Morgan fingerprint density at radius 1 is 1.14 bits per heavy atom. The highest BCUT2D eigenvalue weighted by atomic mass is 16.3. The lowest BCUT2D eigenvalue weighted by molar-refractivity contribution is 0.0920. The van der Waals surface area contributed by atoms with Crippen LogP contribution in [0.2, 0.25) is 0 Å². The van der Waals surface area contributed by atoms with Crippen LogP contribution in [0.4, 0.5) is 0 Å². The molecule has 2 aromatic heterocycles. The predicted molar refractivity (Wildman–Crippen MR) is 76.5 cm³/mol. The van der Waals surface area contributed by atoms with E-state index in [0.29, 0.717) is 11.0 Å². The van der Waals surface area contributed by atoms with Gasteiger partial charge in [0.2, 0.25) is 5.55 Å². The summed E-state index contributed by atoms with van der Waals surface area (Å²) in [5, 5.41) is 4.51. The highest BCUT2D eigenvalue weighted by molar-refractivity contribution is 5.95. The van der Waals surface area contributed by atoms with Gasteiger partial charge in [-0.1, -0.05) is 18.2 Å². The lowest BCUT2D eigenvalue weighted by Crippen LogP contribution is -2.26. The van der Waals surface area contributed by atoms with Crippen molar-refractivity contribution in [2.24, 2.45) is 10.8 Å². The Balaban J connectivity index is 2.04. The largest absolute Gasteiger partial charge is 0.459 e. The summed E-state index contributed by atoms with van der Waals surface area (Å²) in [5.74, 6) is -1.19. The predicted octanol–water partition coefficient (Wildman–Crippen LogP) is 1.37. The van der Waals surface area contributed by atoms with Gasteiger partial charge in [0.05, 0.1) is 6.26 Å². The van der Waals surface area contributed by atoms with Crippen LogP contribution >= 0.6 is 0 Å². The fraction of sp³-hybridized carbons (Fsp3) is 0. The van der Waals surface area contributed by atoms with E-state index in [9.17, 15) is 9.59 Å². The second-order valence-electron chi connectivity index (χ2n) is 4.40. The lowest BCUT2D eigenvalue weighted by atomic mass is 10.2. The fourth-order valence-electron chi connectivity index (χ4n) is 1.89. The molecule has 3 aromatic rings. The molecular formula is C15H11N3O4. The number of nitrogens with zero attached hydrogens (tertiary/aromatic N) is 1. The van der Waals surface area contributed by atoms with Crippen molar-refractivity contribution in [3.8, 4) is 0 Å². The number of rotatable bonds is 3. The standard InChI is InChI=1S/C15H11N3O4/c16-13(19)10-8-9-4-1-2-5-11(9)22-15(10)18-17-14(20)12-6-3-7-21-12/h1-8H,(H2,16,19)(H,17,20)/b18-15+. The monoisotopic (exact) mass is 297 g/mol. The van der Waals surface area contributed by atoms with Crippen molar-refractivity contribution < 1.29 is 18.4 Å². The third-order valence-corrected chi connectivity index (χ3v) is 2.93. The van der Waals surface area contributed by atoms with Gasteiger partial charge in [-0.2, -0.15) is 0 Å². The van der Waals surface area contributed by atoms with Gasteiger partial charge in [-0.15, -0.1) is 5.10 Å². The van der Waals surface area contributed by atoms with Gasteiger partial charge in [0.15, 0.2) is 5.76 Å². The summed E-state index contributed by atoms with van der Waals surface area (Å²) in [5.41, 5.74) is 8.07. The van der Waals surface area contributed by atoms with Crippen molar-refractivity contribution in [2.45, 2.75) is 0 Å². The van der Waals surface area contributed by atoms with Gasteiger partial charge in [-0.3, -0.25) is 9.59 Å². The topological polar surface area (TPSA) is 111 Å². The average Bonchev–Trinajstić information content (AvgIpc) is 3.06. The molecular weight excluding hydrogens is 286 g/mol. The Labute approximate surface area is 124 Å². The van der Waals surface area contributed by atoms with E-state index >= 15 is 0 Å². The number of furan rings is 1. The number of nitrogens with two attached hydrogens (primary N) is 1. The van der Waals surface area contributed by atoms with Gasteiger partial charge < -0.3 is 14.6 Å². The molecule has 3 rings (SSSR count). The highest BCUT2D eigenvalue weighted by Gasteiger charge is 2.11. The second-order valence-corrected chi connectivity index (χ2v) is 4.40. The molecule has 22 heavy (non-hydrogen) atoms. The number of carbonyl (C=O) groups excluding carboxylic acids is 2. The van der Waals surface area contributed by atoms with E-state index in [2.05, 4.69) is 10.5 Å². The lowest BCUT2D eigenvalue weighted by Gasteiger charge is -2.01. The van der Waals surface area contributed by atoms with Crippen LogP contribution in [-0.2, 0) is 0 Å². The maximum Gasteiger partial charge on any atom is 0.307 e. The van der Waals surface area contributed by atoms with Crippen molar-refractivity contribution in [1.82, 2.24) is 5.43 Å². The molecule has 0 aliphatic carbocycles. The first kappa shape index (κ1) is 13.6. The first-order valence-electron chi connectivity index (χ1n) is 6.35. The van der Waals surface area contributed by atoms with Crippen LogP contribution in [0.1, 0.15) is 20.9 Å². The van der Waals surface area contributed by atoms with E-state index in [4.69, 9.17) is 14.6 Å². The van der Waals surface area contributed by atoms with Crippen LogP contribution < -0.4 is 16.7 Å². The molecule has 0 spiro atoms. The molecule has 1 aromatic carbocycles. The zero-order valence-corrected chi connectivity index (χ0v) is 11.3. The molecule has 0 atom stereocenters. The van der Waals surface area contributed by atoms with E-state index in [0.717, 1.165) is 0 Å². The summed E-state index contributed by atoms with van der Waals surface area (Å²) in [6.07, 6.45) is 1.37. The van der Waals surface area contributed by atoms with E-state index in [1.54, 1.807) is 36.4 Å². The number of benzene rings is 1. The van der Waals surface area contributed by atoms with E-state index in [1.807, 2.05) is 0 Å². The summed E-state index contributed by atoms with van der Waals surface area (Å²) in [6, 6.07) is 11.7. The first-order valence-corrected chi connectivity index (χ1v) is 6.35. The molecule has 0 saturated heterocycles. The van der Waals surface area contributed by atoms with Gasteiger partial charge in [0.1, 0.15) is 11.1 Å². The summed E-state index contributed by atoms with van der Waals surface area (Å²) in [7, 11) is 0. The quantitative estimate of drug-likeness (QED) is 0.711. The van der Waals surface area contributed by atoms with Crippen molar-refractivity contribution in [3.63, 3.8) is 0 Å². The van der Waals surface area contributed by atoms with Crippen molar-refractivity contribution in [3.05, 3.63) is 65.6 Å². The molecule has 0 aliphatic heterocycles. The molecule has 3 N–H and O–H groups in total. The zero-order chi connectivity index (χ0) is 15.5. The summed E-state index contributed by atoms with van der Waals surface area (Å²) in [4.78, 5) is 23.3. The van der Waals surface area contributed by atoms with Gasteiger partial charge >= 0.3 is 5.91 Å². The first-order chi connectivity index (χ1) is 10.6. The molecule has 2 amide bonds. The molecule has 0 saturated carbocycles. The molecule has 0 bridgehead atoms. The maximum atomic E-state index is 11.8. The summed E-state index contributed by atoms with van der Waals surface area (Å²) >= 11 is 0. The Hall–Kier alpha value is -3.35. The zero-order valence-electron chi connectivity index (χ0n) is 11.3. The third-order valence-electron chi connectivity index (χ3n) is 2.93. The number of hydrogen-bond acceptors (Lipinski definition) is 5. The number of carbonyl (C=O) groups is 2. The minimum absolute atomic E-state index is 0.0680.